The molecule has 0 saturated carbocycles. The number of urea groups is 1. The van der Waals surface area contributed by atoms with E-state index in [0.717, 1.165) is 0 Å². The summed E-state index contributed by atoms with van der Waals surface area (Å²) in [6, 6.07) is 13.3. The summed E-state index contributed by atoms with van der Waals surface area (Å²) in [6.07, 6.45) is 0. The van der Waals surface area contributed by atoms with Gasteiger partial charge in [0, 0.05) is 17.3 Å². The van der Waals surface area contributed by atoms with Gasteiger partial charge in [0.05, 0.1) is 25.8 Å². The number of amides is 2. The number of carbonyl (C=O) groups is 2. The molecule has 0 spiro atoms. The number of para-hydroxylation sites is 1. The van der Waals surface area contributed by atoms with Crippen molar-refractivity contribution in [2.24, 2.45) is 0 Å². The number of hydrogen-bond donors (Lipinski definition) is 2. The summed E-state index contributed by atoms with van der Waals surface area (Å²) in [7, 11) is 3.06. The minimum absolute atomic E-state index is 0.0604. The van der Waals surface area contributed by atoms with Crippen LogP contribution in [0.4, 0.5) is 4.79 Å². The first-order valence-electron chi connectivity index (χ1n) is 9.38. The molecule has 1 aliphatic rings. The Morgan fingerprint density at radius 2 is 1.77 bits per heavy atom. The van der Waals surface area contributed by atoms with Crippen LogP contribution in [-0.4, -0.2) is 39.4 Å². The number of rotatable bonds is 8. The molecule has 0 saturated heterocycles. The zero-order valence-corrected chi connectivity index (χ0v) is 17.1. The minimum atomic E-state index is -0.734. The van der Waals surface area contributed by atoms with Crippen LogP contribution >= 0.6 is 0 Å². The molecule has 0 radical (unpaired) electrons. The fraction of sp³-hybridized carbons (Fsp3) is 0.273. The van der Waals surface area contributed by atoms with Gasteiger partial charge in [-0.25, -0.2) is 9.59 Å². The second-order valence-corrected chi connectivity index (χ2v) is 6.48. The van der Waals surface area contributed by atoms with Gasteiger partial charge in [-0.1, -0.05) is 18.2 Å². The average molecular weight is 412 g/mol. The highest BCUT2D eigenvalue weighted by molar-refractivity contribution is 5.95. The quantitative estimate of drug-likeness (QED) is 0.511. The fourth-order valence-corrected chi connectivity index (χ4v) is 3.14. The monoisotopic (exact) mass is 412 g/mol. The molecule has 1 aliphatic heterocycles. The molecule has 2 amide bonds. The van der Waals surface area contributed by atoms with Gasteiger partial charge in [0.2, 0.25) is 0 Å². The van der Waals surface area contributed by atoms with Crippen molar-refractivity contribution in [3.63, 3.8) is 0 Å². The molecule has 8 nitrogen and oxygen atoms in total. The van der Waals surface area contributed by atoms with E-state index < -0.39 is 18.0 Å². The highest BCUT2D eigenvalue weighted by Gasteiger charge is 2.34. The summed E-state index contributed by atoms with van der Waals surface area (Å²) in [6.45, 7) is 1.92. The van der Waals surface area contributed by atoms with Crippen LogP contribution in [-0.2, 0) is 9.53 Å². The van der Waals surface area contributed by atoms with Crippen molar-refractivity contribution >= 4 is 12.0 Å². The van der Waals surface area contributed by atoms with Gasteiger partial charge in [0.15, 0.2) is 0 Å². The van der Waals surface area contributed by atoms with Gasteiger partial charge in [-0.2, -0.15) is 0 Å². The summed E-state index contributed by atoms with van der Waals surface area (Å²) < 4.78 is 21.6. The summed E-state index contributed by atoms with van der Waals surface area (Å²) >= 11 is 0. The van der Waals surface area contributed by atoms with Gasteiger partial charge in [-0.05, 0) is 31.2 Å². The molecular formula is C22H24N2O6. The van der Waals surface area contributed by atoms with Crippen LogP contribution in [0.25, 0.3) is 0 Å². The molecule has 1 atom stereocenters. The Bertz CT molecular complexity index is 942. The number of carbonyl (C=O) groups excluding carboxylic acids is 2. The topological polar surface area (TPSA) is 95.1 Å². The zero-order valence-electron chi connectivity index (χ0n) is 17.1. The Hall–Kier alpha value is -3.68. The molecule has 0 bridgehead atoms. The molecule has 2 N–H and O–H groups in total. The Morgan fingerprint density at radius 1 is 1.00 bits per heavy atom. The second-order valence-electron chi connectivity index (χ2n) is 6.48. The van der Waals surface area contributed by atoms with Gasteiger partial charge in [-0.3, -0.25) is 0 Å². The third-order valence-electron chi connectivity index (χ3n) is 4.57. The first-order chi connectivity index (χ1) is 14.5. The zero-order chi connectivity index (χ0) is 21.5. The van der Waals surface area contributed by atoms with Crippen LogP contribution in [0.15, 0.2) is 59.8 Å². The lowest BCUT2D eigenvalue weighted by Gasteiger charge is -2.29. The van der Waals surface area contributed by atoms with Crippen LogP contribution in [0, 0.1) is 0 Å². The first kappa shape index (κ1) is 21.0. The van der Waals surface area contributed by atoms with Crippen molar-refractivity contribution in [2.45, 2.75) is 13.0 Å². The largest absolute Gasteiger partial charge is 0.497 e. The smallest absolute Gasteiger partial charge is 0.338 e. The van der Waals surface area contributed by atoms with Crippen LogP contribution in [0.2, 0.25) is 0 Å². The molecule has 0 fully saturated rings. The maximum absolute atomic E-state index is 12.8. The maximum Gasteiger partial charge on any atom is 0.338 e. The molecule has 3 rings (SSSR count). The molecule has 0 aliphatic carbocycles. The van der Waals surface area contributed by atoms with Crippen LogP contribution in [0.5, 0.6) is 17.2 Å². The number of allylic oxidation sites excluding steroid dienone is 1. The van der Waals surface area contributed by atoms with Crippen molar-refractivity contribution < 1.29 is 28.5 Å². The Labute approximate surface area is 174 Å². The first-order valence-corrected chi connectivity index (χ1v) is 9.38. The molecule has 30 heavy (non-hydrogen) atoms. The number of hydrogen-bond acceptors (Lipinski definition) is 6. The van der Waals surface area contributed by atoms with Crippen molar-refractivity contribution in [1.82, 2.24) is 10.6 Å². The summed E-state index contributed by atoms with van der Waals surface area (Å²) in [4.78, 5) is 24.9. The summed E-state index contributed by atoms with van der Waals surface area (Å²) in [5.74, 6) is 1.21. The molecule has 0 aromatic heterocycles. The third kappa shape index (κ3) is 4.83. The minimum Gasteiger partial charge on any atom is -0.497 e. The average Bonchev–Trinajstić information content (AvgIpc) is 2.76. The van der Waals surface area contributed by atoms with E-state index in [-0.39, 0.29) is 18.8 Å². The number of benzene rings is 2. The molecule has 2 aromatic carbocycles. The van der Waals surface area contributed by atoms with Crippen LogP contribution in [0.3, 0.4) is 0 Å². The second kappa shape index (κ2) is 9.69. The molecule has 8 heteroatoms. The molecule has 2 aromatic rings. The van der Waals surface area contributed by atoms with Crippen LogP contribution in [0.1, 0.15) is 18.5 Å². The van der Waals surface area contributed by atoms with Crippen molar-refractivity contribution in [3.05, 3.63) is 65.4 Å². The lowest BCUT2D eigenvalue weighted by atomic mass is 9.94. The van der Waals surface area contributed by atoms with Crippen LogP contribution < -0.4 is 24.8 Å². The highest BCUT2D eigenvalue weighted by atomic mass is 16.6. The van der Waals surface area contributed by atoms with Crippen molar-refractivity contribution in [1.29, 1.82) is 0 Å². The predicted molar refractivity (Wildman–Crippen MR) is 110 cm³/mol. The number of ether oxygens (including phenoxy) is 4. The number of nitrogens with one attached hydrogen (secondary N) is 2. The van der Waals surface area contributed by atoms with Gasteiger partial charge in [0.1, 0.15) is 30.5 Å². The predicted octanol–water partition coefficient (Wildman–Crippen LogP) is 2.95. The Morgan fingerprint density at radius 3 is 2.47 bits per heavy atom. The van der Waals surface area contributed by atoms with E-state index in [1.807, 2.05) is 30.3 Å². The Balaban J connectivity index is 1.75. The fourth-order valence-electron chi connectivity index (χ4n) is 3.14. The third-order valence-corrected chi connectivity index (χ3v) is 4.57. The number of esters is 1. The normalized spacial score (nSPS) is 15.7. The van der Waals surface area contributed by atoms with Gasteiger partial charge in [-0.15, -0.1) is 0 Å². The standard InChI is InChI=1S/C22H24N2O6/c1-14-19(21(25)30-12-11-29-15-7-5-4-6-8-15)20(24-22(26)23-14)17-10-9-16(27-2)13-18(17)28-3/h4-10,13,20H,11-12H2,1-3H3,(H2,23,24,26). The van der Waals surface area contributed by atoms with E-state index in [1.54, 1.807) is 32.2 Å². The van der Waals surface area contributed by atoms with Crippen molar-refractivity contribution in [3.8, 4) is 17.2 Å². The van der Waals surface area contributed by atoms with Crippen molar-refractivity contribution in [2.75, 3.05) is 27.4 Å². The Kier molecular flexibility index (Phi) is 6.79. The summed E-state index contributed by atoms with van der Waals surface area (Å²) in [5, 5.41) is 5.38. The van der Waals surface area contributed by atoms with E-state index in [9.17, 15) is 9.59 Å². The van der Waals surface area contributed by atoms with Gasteiger partial charge >= 0.3 is 12.0 Å². The van der Waals surface area contributed by atoms with Gasteiger partial charge in [0.25, 0.3) is 0 Å². The van der Waals surface area contributed by atoms with Gasteiger partial charge < -0.3 is 29.6 Å². The molecule has 158 valence electrons. The van der Waals surface area contributed by atoms with E-state index in [2.05, 4.69) is 10.6 Å². The van der Waals surface area contributed by atoms with E-state index >= 15 is 0 Å². The summed E-state index contributed by atoms with van der Waals surface area (Å²) in [5.41, 5.74) is 1.31. The lowest BCUT2D eigenvalue weighted by Crippen LogP contribution is -2.45. The number of methoxy groups -OCH3 is 2. The van der Waals surface area contributed by atoms with E-state index in [0.29, 0.717) is 28.5 Å². The van der Waals surface area contributed by atoms with E-state index in [1.165, 1.54) is 7.11 Å². The van der Waals surface area contributed by atoms with E-state index in [4.69, 9.17) is 18.9 Å². The molecule has 1 unspecified atom stereocenters. The lowest BCUT2D eigenvalue weighted by molar-refractivity contribution is -0.140. The SMILES string of the molecule is COc1ccc(C2NC(=O)NC(C)=C2C(=O)OCCOc2ccccc2)c(OC)c1. The maximum atomic E-state index is 12.8. The highest BCUT2D eigenvalue weighted by Crippen LogP contribution is 2.35. The molecular weight excluding hydrogens is 388 g/mol. The molecule has 1 heterocycles.